The van der Waals surface area contributed by atoms with Crippen LogP contribution >= 0.6 is 0 Å². The number of imidazole rings is 1. The average molecular weight is 534 g/mol. The maximum Gasteiger partial charge on any atom is 0.386 e. The monoisotopic (exact) mass is 534 g/mol. The van der Waals surface area contributed by atoms with E-state index in [1.165, 1.54) is 16.7 Å². The van der Waals surface area contributed by atoms with Gasteiger partial charge < -0.3 is 31.5 Å². The predicted molar refractivity (Wildman–Crippen MR) is 130 cm³/mol. The molecule has 0 saturated carbocycles. The Labute approximate surface area is 214 Å². The lowest BCUT2D eigenvalue weighted by Gasteiger charge is -2.13. The Morgan fingerprint density at radius 2 is 1.66 bits per heavy atom. The van der Waals surface area contributed by atoms with Gasteiger partial charge in [-0.3, -0.25) is 9.20 Å². The first-order valence-electron chi connectivity index (χ1n) is 11.0. The Hall–Kier alpha value is -4.11. The number of benzene rings is 1. The van der Waals surface area contributed by atoms with Crippen LogP contribution in [-0.2, 0) is 10.8 Å². The zero-order chi connectivity index (χ0) is 28.4. The number of carbonyl (C=O) groups excluding carboxylic acids is 1. The predicted octanol–water partition coefficient (Wildman–Crippen LogP) is 2.32. The van der Waals surface area contributed by atoms with Crippen LogP contribution in [0, 0.1) is 13.8 Å². The van der Waals surface area contributed by atoms with Crippen molar-refractivity contribution in [2.75, 3.05) is 11.1 Å². The normalized spacial score (nSPS) is 12.6. The van der Waals surface area contributed by atoms with Crippen molar-refractivity contribution in [1.82, 2.24) is 19.4 Å². The number of nitrogens with one attached hydrogen (secondary N) is 1. The fraction of sp³-hybridized carbons (Fsp3) is 0.250. The molecule has 0 aliphatic heterocycles. The van der Waals surface area contributed by atoms with E-state index in [4.69, 9.17) is 5.73 Å². The summed E-state index contributed by atoms with van der Waals surface area (Å²) in [7, 11) is 0. The average Bonchev–Trinajstić information content (AvgIpc) is 3.23. The zero-order valence-electron chi connectivity index (χ0n) is 20.4. The number of halogens is 3. The summed E-state index contributed by atoms with van der Waals surface area (Å²) < 4.78 is 32.4. The van der Waals surface area contributed by atoms with Crippen LogP contribution in [0.4, 0.5) is 24.8 Å². The highest BCUT2D eigenvalue weighted by atomic mass is 19.4. The number of aryl methyl sites for hydroxylation is 2. The van der Waals surface area contributed by atoms with Crippen LogP contribution in [0.5, 0.6) is 0 Å². The molecule has 0 spiro atoms. The van der Waals surface area contributed by atoms with E-state index in [0.717, 1.165) is 0 Å². The molecule has 4 aromatic rings. The van der Waals surface area contributed by atoms with Crippen molar-refractivity contribution in [2.45, 2.75) is 39.0 Å². The fourth-order valence-electron chi connectivity index (χ4n) is 3.56. The molecule has 1 amide bonds. The third-order valence-electron chi connectivity index (χ3n) is 5.12. The number of rotatable bonds is 5. The molecule has 0 radical (unpaired) electrons. The smallest absolute Gasteiger partial charge is 0.382 e. The Morgan fingerprint density at radius 3 is 2.21 bits per heavy atom. The van der Waals surface area contributed by atoms with Gasteiger partial charge in [0.25, 0.3) is 5.91 Å². The number of nitrogen functional groups attached to an aromatic ring is 1. The van der Waals surface area contributed by atoms with Crippen LogP contribution in [0.15, 0.2) is 48.7 Å². The van der Waals surface area contributed by atoms with Crippen molar-refractivity contribution < 1.29 is 38.4 Å². The number of nitrogens with zero attached hydrogens (tertiary/aromatic N) is 4. The molecule has 0 saturated heterocycles. The molecule has 4 rings (SSSR count). The van der Waals surface area contributed by atoms with Gasteiger partial charge in [-0.2, -0.15) is 13.2 Å². The van der Waals surface area contributed by atoms with Gasteiger partial charge in [-0.15, -0.1) is 0 Å². The maximum absolute atomic E-state index is 12.4. The van der Waals surface area contributed by atoms with Crippen molar-refractivity contribution in [1.29, 1.82) is 0 Å². The molecule has 1 unspecified atom stereocenters. The molecule has 0 aliphatic carbocycles. The molecule has 3 aromatic heterocycles. The van der Waals surface area contributed by atoms with E-state index in [9.17, 15) is 38.4 Å². The van der Waals surface area contributed by atoms with E-state index in [1.54, 1.807) is 50.2 Å². The highest BCUT2D eigenvalue weighted by Gasteiger charge is 2.32. The highest BCUT2D eigenvalue weighted by molar-refractivity contribution is 5.94. The summed E-state index contributed by atoms with van der Waals surface area (Å²) in [6, 6.07) is 11.6. The number of hydrogen-bond acceptors (Lipinski definition) is 9. The third-order valence-corrected chi connectivity index (χ3v) is 5.12. The Morgan fingerprint density at radius 1 is 1.05 bits per heavy atom. The summed E-state index contributed by atoms with van der Waals surface area (Å²) in [5.74, 6) is -4.07. The molecule has 14 heteroatoms. The zero-order valence-corrected chi connectivity index (χ0v) is 20.4. The SMILES string of the molecule is CC(F)(F)F.Cc1nc(NC(=O)C(O)c2ccccc2)ccc1-c1nc(C(O)(O)O)n2c(C)cnc(N)c12. The number of aromatic nitrogens is 4. The van der Waals surface area contributed by atoms with Crippen molar-refractivity contribution in [3.05, 3.63) is 71.4 Å². The van der Waals surface area contributed by atoms with Gasteiger partial charge in [-0.1, -0.05) is 30.3 Å². The minimum absolute atomic E-state index is 0.0568. The summed E-state index contributed by atoms with van der Waals surface area (Å²) in [4.78, 5) is 25.1. The second-order valence-corrected chi connectivity index (χ2v) is 8.30. The highest BCUT2D eigenvalue weighted by Crippen LogP contribution is 2.33. The quantitative estimate of drug-likeness (QED) is 0.210. The van der Waals surface area contributed by atoms with Gasteiger partial charge >= 0.3 is 12.1 Å². The lowest BCUT2D eigenvalue weighted by atomic mass is 10.1. The fourth-order valence-corrected chi connectivity index (χ4v) is 3.56. The molecule has 1 aromatic carbocycles. The van der Waals surface area contributed by atoms with E-state index >= 15 is 0 Å². The topological polar surface area (TPSA) is 179 Å². The number of anilines is 2. The molecule has 38 heavy (non-hydrogen) atoms. The molecule has 202 valence electrons. The maximum atomic E-state index is 12.4. The van der Waals surface area contributed by atoms with Crippen LogP contribution in [0.2, 0.25) is 0 Å². The molecule has 3 heterocycles. The van der Waals surface area contributed by atoms with Gasteiger partial charge in [-0.25, -0.2) is 15.0 Å². The van der Waals surface area contributed by atoms with Crippen LogP contribution in [0.3, 0.4) is 0 Å². The van der Waals surface area contributed by atoms with Crippen molar-refractivity contribution >= 4 is 23.1 Å². The second-order valence-electron chi connectivity index (χ2n) is 8.30. The molecule has 11 nitrogen and oxygen atoms in total. The van der Waals surface area contributed by atoms with Crippen LogP contribution in [-0.4, -0.2) is 51.9 Å². The van der Waals surface area contributed by atoms with E-state index in [2.05, 4.69) is 20.3 Å². The Balaban J connectivity index is 0.000000732. The minimum Gasteiger partial charge on any atom is -0.382 e. The number of amides is 1. The minimum atomic E-state index is -4.00. The summed E-state index contributed by atoms with van der Waals surface area (Å²) in [5, 5.41) is 42.2. The van der Waals surface area contributed by atoms with Crippen LogP contribution < -0.4 is 11.1 Å². The number of alkyl halides is 3. The van der Waals surface area contributed by atoms with Gasteiger partial charge in [0.05, 0.1) is 0 Å². The van der Waals surface area contributed by atoms with Crippen LogP contribution in [0.25, 0.3) is 16.8 Å². The summed E-state index contributed by atoms with van der Waals surface area (Å²) >= 11 is 0. The molecular formula is C24H25F3N6O5. The van der Waals surface area contributed by atoms with Gasteiger partial charge in [-0.05, 0) is 31.5 Å². The van der Waals surface area contributed by atoms with Crippen molar-refractivity contribution in [3.8, 4) is 11.3 Å². The summed E-state index contributed by atoms with van der Waals surface area (Å²) in [6.07, 6.45) is -3.96. The van der Waals surface area contributed by atoms with Gasteiger partial charge in [0.2, 0.25) is 5.82 Å². The molecule has 1 atom stereocenters. The number of hydrogen-bond donors (Lipinski definition) is 6. The molecule has 0 aliphatic rings. The first kappa shape index (κ1) is 28.5. The molecule has 0 fully saturated rings. The number of pyridine rings is 1. The van der Waals surface area contributed by atoms with E-state index in [0.29, 0.717) is 22.5 Å². The van der Waals surface area contributed by atoms with Crippen LogP contribution in [0.1, 0.15) is 35.8 Å². The van der Waals surface area contributed by atoms with Gasteiger partial charge in [0.15, 0.2) is 6.10 Å². The van der Waals surface area contributed by atoms with Crippen molar-refractivity contribution in [3.63, 3.8) is 0 Å². The standard InChI is InChI=1S/C22H22N6O5.C2H3F3/c1-11-10-24-19(23)17-16(27-21(28(11)17)22(31,32)33)14-8-9-15(25-12(14)2)26-20(30)18(29)13-6-4-3-5-7-13;1-2(3,4)5/h3-10,18,29,31-33H,1-2H3,(H2,23,24)(H,25,26,30);1H3. The number of aliphatic hydroxyl groups is 4. The molecule has 0 bridgehead atoms. The Bertz CT molecular complexity index is 1450. The lowest BCUT2D eigenvalue weighted by Crippen LogP contribution is -2.27. The summed E-state index contributed by atoms with van der Waals surface area (Å²) in [6.45, 7) is 3.49. The first-order valence-corrected chi connectivity index (χ1v) is 11.0. The second kappa shape index (κ2) is 10.7. The van der Waals surface area contributed by atoms with E-state index < -0.39 is 30.0 Å². The summed E-state index contributed by atoms with van der Waals surface area (Å²) in [5.41, 5.74) is 8.29. The van der Waals surface area contributed by atoms with Gasteiger partial charge in [0, 0.05) is 30.1 Å². The van der Waals surface area contributed by atoms with Crippen molar-refractivity contribution in [2.24, 2.45) is 0 Å². The van der Waals surface area contributed by atoms with Gasteiger partial charge in [0.1, 0.15) is 22.8 Å². The first-order chi connectivity index (χ1) is 17.6. The lowest BCUT2D eigenvalue weighted by molar-refractivity contribution is -0.329. The van der Waals surface area contributed by atoms with E-state index in [1.807, 2.05) is 0 Å². The third kappa shape index (κ3) is 6.60. The molecular weight excluding hydrogens is 509 g/mol. The largest absolute Gasteiger partial charge is 0.386 e. The molecule has 7 N–H and O–H groups in total. The number of nitrogens with two attached hydrogens (primary N) is 1. The number of fused-ring (bicyclic) bond motifs is 1. The Kier molecular flexibility index (Phi) is 8.02. The van der Waals surface area contributed by atoms with E-state index in [-0.39, 0.29) is 29.8 Å². The number of aliphatic hydroxyl groups excluding tert-OH is 1. The number of carbonyl (C=O) groups is 1.